The summed E-state index contributed by atoms with van der Waals surface area (Å²) in [4.78, 5) is 13.7. The van der Waals surface area contributed by atoms with E-state index in [9.17, 15) is 18.0 Å². The summed E-state index contributed by atoms with van der Waals surface area (Å²) in [5.41, 5.74) is 0.548. The standard InChI is InChI=1S/C15H17F3N4O2S2/c1-3-22(4-2)12(23)9-25-14-21-20-13(26-14)19-10-5-7-11(8-6-10)24-15(16,17)18/h5-8H,3-4,9H2,1-2H3,(H,19,20). The van der Waals surface area contributed by atoms with Crippen molar-refractivity contribution in [3.05, 3.63) is 24.3 Å². The number of anilines is 2. The fourth-order valence-corrected chi connectivity index (χ4v) is 3.65. The first-order chi connectivity index (χ1) is 12.3. The molecule has 0 unspecified atom stereocenters. The lowest BCUT2D eigenvalue weighted by Gasteiger charge is -2.17. The number of alkyl halides is 3. The number of amides is 1. The monoisotopic (exact) mass is 406 g/mol. The molecule has 2 rings (SSSR count). The molecule has 26 heavy (non-hydrogen) atoms. The van der Waals surface area contributed by atoms with Gasteiger partial charge in [-0.1, -0.05) is 23.1 Å². The van der Waals surface area contributed by atoms with Gasteiger partial charge in [0, 0.05) is 18.8 Å². The molecule has 2 aromatic rings. The maximum absolute atomic E-state index is 12.1. The van der Waals surface area contributed by atoms with Crippen LogP contribution in [-0.2, 0) is 4.79 Å². The van der Waals surface area contributed by atoms with Gasteiger partial charge in [0.1, 0.15) is 5.75 Å². The van der Waals surface area contributed by atoms with E-state index in [-0.39, 0.29) is 17.4 Å². The van der Waals surface area contributed by atoms with E-state index in [2.05, 4.69) is 20.3 Å². The van der Waals surface area contributed by atoms with Gasteiger partial charge >= 0.3 is 6.36 Å². The molecule has 0 aliphatic carbocycles. The van der Waals surface area contributed by atoms with Crippen molar-refractivity contribution in [2.45, 2.75) is 24.5 Å². The lowest BCUT2D eigenvalue weighted by Crippen LogP contribution is -2.31. The Labute approximate surface area is 156 Å². The number of rotatable bonds is 8. The van der Waals surface area contributed by atoms with E-state index in [0.717, 1.165) is 0 Å². The van der Waals surface area contributed by atoms with Crippen LogP contribution in [0.25, 0.3) is 0 Å². The summed E-state index contributed by atoms with van der Waals surface area (Å²) in [6.45, 7) is 5.16. The SMILES string of the molecule is CCN(CC)C(=O)CSc1nnc(Nc2ccc(OC(F)(F)F)cc2)s1. The third kappa shape index (κ3) is 6.37. The third-order valence-corrected chi connectivity index (χ3v) is 5.14. The van der Waals surface area contributed by atoms with Crippen LogP contribution in [0.3, 0.4) is 0 Å². The summed E-state index contributed by atoms with van der Waals surface area (Å²) in [5, 5.41) is 11.4. The van der Waals surface area contributed by atoms with E-state index in [0.29, 0.717) is 28.2 Å². The number of halogens is 3. The number of aromatic nitrogens is 2. The number of carbonyl (C=O) groups excluding carboxylic acids is 1. The first-order valence-electron chi connectivity index (χ1n) is 7.67. The number of hydrogen-bond donors (Lipinski definition) is 1. The highest BCUT2D eigenvalue weighted by molar-refractivity contribution is 8.01. The molecule has 0 radical (unpaired) electrons. The lowest BCUT2D eigenvalue weighted by atomic mass is 10.3. The van der Waals surface area contributed by atoms with Gasteiger partial charge in [0.05, 0.1) is 5.75 Å². The molecule has 0 bridgehead atoms. The van der Waals surface area contributed by atoms with Crippen LogP contribution in [0.2, 0.25) is 0 Å². The molecule has 6 nitrogen and oxygen atoms in total. The van der Waals surface area contributed by atoms with Crippen LogP contribution in [-0.4, -0.2) is 46.2 Å². The molecule has 1 amide bonds. The minimum absolute atomic E-state index is 0.0324. The number of benzene rings is 1. The summed E-state index contributed by atoms with van der Waals surface area (Å²) in [6, 6.07) is 5.29. The fourth-order valence-electron chi connectivity index (χ4n) is 1.97. The van der Waals surface area contributed by atoms with Crippen LogP contribution in [0.1, 0.15) is 13.8 Å². The van der Waals surface area contributed by atoms with Gasteiger partial charge in [-0.15, -0.1) is 23.4 Å². The summed E-state index contributed by atoms with van der Waals surface area (Å²) >= 11 is 2.55. The van der Waals surface area contributed by atoms with E-state index >= 15 is 0 Å². The number of hydrogen-bond acceptors (Lipinski definition) is 7. The number of ether oxygens (including phenoxy) is 1. The number of nitrogens with one attached hydrogen (secondary N) is 1. The Morgan fingerprint density at radius 2 is 1.88 bits per heavy atom. The highest BCUT2D eigenvalue weighted by Crippen LogP contribution is 2.29. The van der Waals surface area contributed by atoms with Gasteiger partial charge in [0.15, 0.2) is 4.34 Å². The molecule has 0 spiro atoms. The largest absolute Gasteiger partial charge is 0.573 e. The Bertz CT molecular complexity index is 718. The van der Waals surface area contributed by atoms with Crippen LogP contribution in [0.15, 0.2) is 28.6 Å². The molecule has 0 fully saturated rings. The van der Waals surface area contributed by atoms with Gasteiger partial charge in [0.2, 0.25) is 11.0 Å². The van der Waals surface area contributed by atoms with Crippen LogP contribution in [0.5, 0.6) is 5.75 Å². The number of thioether (sulfide) groups is 1. The Kier molecular flexibility index (Phi) is 7.09. The molecule has 0 aliphatic heterocycles. The van der Waals surface area contributed by atoms with Crippen molar-refractivity contribution in [3.8, 4) is 5.75 Å². The van der Waals surface area contributed by atoms with Gasteiger partial charge in [-0.2, -0.15) is 0 Å². The average molecular weight is 406 g/mol. The van der Waals surface area contributed by atoms with Crippen molar-refractivity contribution >= 4 is 39.8 Å². The Hall–Kier alpha value is -2.01. The molecule has 1 N–H and O–H groups in total. The maximum atomic E-state index is 12.1. The first-order valence-corrected chi connectivity index (χ1v) is 9.47. The first kappa shape index (κ1) is 20.3. The quantitative estimate of drug-likeness (QED) is 0.665. The van der Waals surface area contributed by atoms with E-state index in [1.165, 1.54) is 47.4 Å². The fraction of sp³-hybridized carbons (Fsp3) is 0.400. The normalized spacial score (nSPS) is 11.3. The van der Waals surface area contributed by atoms with Gasteiger partial charge in [0.25, 0.3) is 0 Å². The van der Waals surface area contributed by atoms with E-state index in [1.54, 1.807) is 4.90 Å². The van der Waals surface area contributed by atoms with Crippen molar-refractivity contribution in [2.24, 2.45) is 0 Å². The average Bonchev–Trinajstić information content (AvgIpc) is 3.02. The Morgan fingerprint density at radius 3 is 2.46 bits per heavy atom. The van der Waals surface area contributed by atoms with Crippen molar-refractivity contribution in [2.75, 3.05) is 24.2 Å². The minimum Gasteiger partial charge on any atom is -0.406 e. The molecule has 142 valence electrons. The summed E-state index contributed by atoms with van der Waals surface area (Å²) in [6.07, 6.45) is -4.72. The van der Waals surface area contributed by atoms with Gasteiger partial charge in [-0.25, -0.2) is 0 Å². The van der Waals surface area contributed by atoms with Crippen LogP contribution < -0.4 is 10.1 Å². The number of carbonyl (C=O) groups is 1. The predicted octanol–water partition coefficient (Wildman–Crippen LogP) is 4.14. The highest BCUT2D eigenvalue weighted by atomic mass is 32.2. The second-order valence-corrected chi connectivity index (χ2v) is 7.12. The molecule has 11 heteroatoms. The highest BCUT2D eigenvalue weighted by Gasteiger charge is 2.30. The van der Waals surface area contributed by atoms with Crippen molar-refractivity contribution in [1.29, 1.82) is 0 Å². The summed E-state index contributed by atoms with van der Waals surface area (Å²) in [5.74, 6) is 0.0104. The summed E-state index contributed by atoms with van der Waals surface area (Å²) in [7, 11) is 0. The molecular formula is C15H17F3N4O2S2. The zero-order chi connectivity index (χ0) is 19.2. The van der Waals surface area contributed by atoms with Crippen molar-refractivity contribution in [1.82, 2.24) is 15.1 Å². The van der Waals surface area contributed by atoms with Crippen LogP contribution in [0.4, 0.5) is 24.0 Å². The van der Waals surface area contributed by atoms with E-state index < -0.39 is 6.36 Å². The molecule has 0 saturated heterocycles. The zero-order valence-electron chi connectivity index (χ0n) is 14.0. The minimum atomic E-state index is -4.72. The molecule has 0 aliphatic rings. The van der Waals surface area contributed by atoms with E-state index in [4.69, 9.17) is 0 Å². The zero-order valence-corrected chi connectivity index (χ0v) is 15.7. The lowest BCUT2D eigenvalue weighted by molar-refractivity contribution is -0.274. The van der Waals surface area contributed by atoms with E-state index in [1.807, 2.05) is 13.8 Å². The molecule has 1 aromatic carbocycles. The smallest absolute Gasteiger partial charge is 0.406 e. The Morgan fingerprint density at radius 1 is 1.23 bits per heavy atom. The molecular weight excluding hydrogens is 389 g/mol. The molecule has 0 saturated carbocycles. The maximum Gasteiger partial charge on any atom is 0.573 e. The molecule has 1 heterocycles. The van der Waals surface area contributed by atoms with Gasteiger partial charge in [-0.05, 0) is 38.1 Å². The van der Waals surface area contributed by atoms with Gasteiger partial charge < -0.3 is 15.0 Å². The molecule has 0 atom stereocenters. The number of nitrogens with zero attached hydrogens (tertiary/aromatic N) is 3. The van der Waals surface area contributed by atoms with Crippen LogP contribution in [0, 0.1) is 0 Å². The predicted molar refractivity (Wildman–Crippen MR) is 95.0 cm³/mol. The van der Waals surface area contributed by atoms with Gasteiger partial charge in [-0.3, -0.25) is 4.79 Å². The van der Waals surface area contributed by atoms with Crippen molar-refractivity contribution in [3.63, 3.8) is 0 Å². The summed E-state index contributed by atoms with van der Waals surface area (Å²) < 4.78 is 40.8. The second kappa shape index (κ2) is 9.08. The second-order valence-electron chi connectivity index (χ2n) is 4.93. The Balaban J connectivity index is 1.89. The van der Waals surface area contributed by atoms with Crippen LogP contribution >= 0.6 is 23.1 Å². The topological polar surface area (TPSA) is 67.4 Å². The van der Waals surface area contributed by atoms with Crippen molar-refractivity contribution < 1.29 is 22.7 Å². The molecule has 1 aromatic heterocycles. The third-order valence-electron chi connectivity index (χ3n) is 3.18.